The highest BCUT2D eigenvalue weighted by molar-refractivity contribution is 8.00. The van der Waals surface area contributed by atoms with Crippen molar-refractivity contribution in [2.45, 2.75) is 9.79 Å². The van der Waals surface area contributed by atoms with E-state index in [1.807, 2.05) is 11.8 Å². The predicted molar refractivity (Wildman–Crippen MR) is 294 cm³/mol. The van der Waals surface area contributed by atoms with E-state index in [4.69, 9.17) is 0 Å². The predicted octanol–water partition coefficient (Wildman–Crippen LogP) is 11.2. The van der Waals surface area contributed by atoms with Crippen LogP contribution in [0.25, 0.3) is 33.0 Å². The summed E-state index contributed by atoms with van der Waals surface area (Å²) >= 11 is 1.93. The lowest BCUT2D eigenvalue weighted by atomic mass is 9.97. The van der Waals surface area contributed by atoms with Crippen LogP contribution in [0.1, 0.15) is 0 Å². The molecule has 2 heterocycles. The Hall–Kier alpha value is -7.74. The summed E-state index contributed by atoms with van der Waals surface area (Å²) in [5, 5.41) is 14.2. The van der Waals surface area contributed by atoms with E-state index in [2.05, 4.69) is 278 Å². The van der Waals surface area contributed by atoms with Gasteiger partial charge in [-0.05, 0) is 111 Å². The number of nitrogens with zero attached hydrogens (tertiary/aromatic N) is 1. The molecular weight excluding hydrogens is 871 g/mol. The zero-order valence-corrected chi connectivity index (χ0v) is 40.2. The highest BCUT2D eigenvalue weighted by Crippen LogP contribution is 2.42. The highest BCUT2D eigenvalue weighted by Gasteiger charge is 2.58. The second kappa shape index (κ2) is 16.5. The first-order valence-corrected chi connectivity index (χ1v) is 28.3. The molecule has 1 spiro atoms. The Morgan fingerprint density at radius 3 is 1.44 bits per heavy atom. The highest BCUT2D eigenvalue weighted by atomic mass is 32.2. The van der Waals surface area contributed by atoms with Gasteiger partial charge in [-0.15, -0.1) is 0 Å². The standard InChI is InChI=1S/C64H45NSSi2/c1-4-21-47(22-5-1)55-30-12-13-32-56(55)65(49-41-39-48(40-42-49)54-31-20-24-46-23-10-11-29-53(46)54)50-43-44-63-64(45-50)67(51-25-6-2-7-26-51,52-27-8-3-9-28-52)61-37-18-19-38-62(61)68(63)59-35-16-14-33-57(59)66-58-34-15-17-36-60(58)68/h1-45H. The molecule has 2 aliphatic rings. The van der Waals surface area contributed by atoms with E-state index >= 15 is 0 Å². The van der Waals surface area contributed by atoms with Gasteiger partial charge in [-0.1, -0.05) is 242 Å². The first-order valence-electron chi connectivity index (χ1n) is 23.5. The topological polar surface area (TPSA) is 3.24 Å². The smallest absolute Gasteiger partial charge is 0.181 e. The van der Waals surface area contributed by atoms with Crippen molar-refractivity contribution in [2.24, 2.45) is 0 Å². The number of fused-ring (bicyclic) bond motifs is 9. The molecule has 0 saturated carbocycles. The van der Waals surface area contributed by atoms with E-state index < -0.39 is 16.1 Å². The Kier molecular flexibility index (Phi) is 9.86. The van der Waals surface area contributed by atoms with Gasteiger partial charge in [0.15, 0.2) is 16.1 Å². The average Bonchev–Trinajstić information content (AvgIpc) is 3.42. The molecule has 0 N–H and O–H groups in total. The molecule has 0 saturated heterocycles. The van der Waals surface area contributed by atoms with Crippen molar-refractivity contribution in [3.63, 3.8) is 0 Å². The summed E-state index contributed by atoms with van der Waals surface area (Å²) in [5.41, 5.74) is 8.19. The van der Waals surface area contributed by atoms with Gasteiger partial charge in [-0.25, -0.2) is 0 Å². The molecule has 13 rings (SSSR count). The van der Waals surface area contributed by atoms with Gasteiger partial charge >= 0.3 is 0 Å². The van der Waals surface area contributed by atoms with Crippen LogP contribution >= 0.6 is 11.8 Å². The van der Waals surface area contributed by atoms with E-state index in [-0.39, 0.29) is 0 Å². The van der Waals surface area contributed by atoms with Crippen LogP contribution in [0.5, 0.6) is 0 Å². The van der Waals surface area contributed by atoms with E-state index in [1.54, 1.807) is 0 Å². The Morgan fingerprint density at radius 1 is 0.294 bits per heavy atom. The lowest BCUT2D eigenvalue weighted by Crippen LogP contribution is -2.93. The van der Waals surface area contributed by atoms with Gasteiger partial charge in [0, 0.05) is 26.7 Å². The average molecular weight is 916 g/mol. The quantitative estimate of drug-likeness (QED) is 0.147. The fourth-order valence-corrected chi connectivity index (χ4v) is 26.0. The van der Waals surface area contributed by atoms with Gasteiger partial charge in [-0.3, -0.25) is 0 Å². The van der Waals surface area contributed by atoms with Crippen molar-refractivity contribution in [2.75, 3.05) is 4.90 Å². The van der Waals surface area contributed by atoms with Crippen LogP contribution in [0.4, 0.5) is 17.1 Å². The van der Waals surface area contributed by atoms with Crippen LogP contribution < -0.4 is 46.4 Å². The Bertz CT molecular complexity index is 3580. The van der Waals surface area contributed by atoms with Crippen LogP contribution in [0.3, 0.4) is 0 Å². The largest absolute Gasteiger partial charge is 0.310 e. The van der Waals surface area contributed by atoms with Crippen molar-refractivity contribution >= 4 is 97.2 Å². The summed E-state index contributed by atoms with van der Waals surface area (Å²) in [6, 6.07) is 103. The van der Waals surface area contributed by atoms with Crippen LogP contribution in [-0.4, -0.2) is 16.1 Å². The lowest BCUT2D eigenvalue weighted by molar-refractivity contribution is 1.29. The van der Waals surface area contributed by atoms with Crippen molar-refractivity contribution in [3.8, 4) is 22.3 Å². The molecule has 0 radical (unpaired) electrons. The zero-order chi connectivity index (χ0) is 45.1. The minimum Gasteiger partial charge on any atom is -0.310 e. The van der Waals surface area contributed by atoms with Crippen LogP contribution in [0.2, 0.25) is 0 Å². The lowest BCUT2D eigenvalue weighted by Gasteiger charge is -2.50. The molecule has 11 aromatic carbocycles. The molecule has 0 amide bonds. The van der Waals surface area contributed by atoms with Gasteiger partial charge in [0.2, 0.25) is 0 Å². The summed E-state index contributed by atoms with van der Waals surface area (Å²) in [7, 11) is -6.02. The van der Waals surface area contributed by atoms with E-state index in [0.717, 1.165) is 17.1 Å². The van der Waals surface area contributed by atoms with Crippen LogP contribution in [0, 0.1) is 0 Å². The summed E-state index contributed by atoms with van der Waals surface area (Å²) in [4.78, 5) is 5.25. The third-order valence-corrected chi connectivity index (χ3v) is 26.3. The monoisotopic (exact) mass is 915 g/mol. The number of hydrogen-bond acceptors (Lipinski definition) is 2. The number of rotatable bonds is 7. The molecule has 4 heteroatoms. The molecule has 2 aliphatic heterocycles. The van der Waals surface area contributed by atoms with E-state index in [9.17, 15) is 0 Å². The molecule has 0 unspecified atom stereocenters. The van der Waals surface area contributed by atoms with Crippen LogP contribution in [0.15, 0.2) is 283 Å². The molecule has 0 atom stereocenters. The second-order valence-corrected chi connectivity index (χ2v) is 26.4. The number of hydrogen-bond donors (Lipinski definition) is 0. The number of benzene rings is 11. The second-order valence-electron chi connectivity index (χ2n) is 17.9. The maximum absolute atomic E-state index is 3.06. The first-order chi connectivity index (χ1) is 33.7. The summed E-state index contributed by atoms with van der Waals surface area (Å²) in [6.45, 7) is 0. The molecule has 0 aliphatic carbocycles. The minimum absolute atomic E-state index is 1.11. The van der Waals surface area contributed by atoms with Gasteiger partial charge < -0.3 is 4.90 Å². The van der Waals surface area contributed by atoms with Crippen LogP contribution in [-0.2, 0) is 0 Å². The molecule has 1 nitrogen and oxygen atoms in total. The zero-order valence-electron chi connectivity index (χ0n) is 37.3. The fraction of sp³-hybridized carbons (Fsp3) is 0. The third-order valence-electron chi connectivity index (χ3n) is 14.5. The maximum Gasteiger partial charge on any atom is 0.181 e. The maximum atomic E-state index is 2.64. The Balaban J connectivity index is 1.14. The molecule has 320 valence electrons. The SMILES string of the molecule is c1ccc(-c2ccccc2N(c2ccc(-c3cccc4ccccc34)cc2)c2ccc3c(c2)[Si](c2ccccc2)(c2ccccc2)c2ccccc2[Si]32c3ccccc3Sc3ccccc32)cc1. The molecular formula is C64H45NSSi2. The normalized spacial score (nSPS) is 13.8. The molecule has 68 heavy (non-hydrogen) atoms. The van der Waals surface area contributed by atoms with E-state index in [1.165, 1.54) is 84.3 Å². The van der Waals surface area contributed by atoms with E-state index in [0.29, 0.717) is 0 Å². The summed E-state index contributed by atoms with van der Waals surface area (Å²) < 4.78 is 0. The molecule has 0 bridgehead atoms. The van der Waals surface area contributed by atoms with Gasteiger partial charge in [0.25, 0.3) is 0 Å². The van der Waals surface area contributed by atoms with Gasteiger partial charge in [0.05, 0.1) is 5.69 Å². The molecule has 0 aromatic heterocycles. The third kappa shape index (κ3) is 6.15. The first kappa shape index (κ1) is 40.5. The summed E-state index contributed by atoms with van der Waals surface area (Å²) in [6.07, 6.45) is 0. The van der Waals surface area contributed by atoms with Gasteiger partial charge in [0.1, 0.15) is 0 Å². The fourth-order valence-electron chi connectivity index (χ4n) is 11.7. The van der Waals surface area contributed by atoms with Crippen molar-refractivity contribution in [1.29, 1.82) is 0 Å². The van der Waals surface area contributed by atoms with Crippen molar-refractivity contribution in [1.82, 2.24) is 0 Å². The molecule has 11 aromatic rings. The van der Waals surface area contributed by atoms with Gasteiger partial charge in [-0.2, -0.15) is 0 Å². The Morgan fingerprint density at radius 2 is 0.765 bits per heavy atom. The van der Waals surface area contributed by atoms with Crippen molar-refractivity contribution < 1.29 is 0 Å². The Labute approximate surface area is 404 Å². The number of anilines is 3. The minimum atomic E-state index is -3.06. The summed E-state index contributed by atoms with van der Waals surface area (Å²) in [5.74, 6) is 0. The number of para-hydroxylation sites is 1. The van der Waals surface area contributed by atoms with Crippen molar-refractivity contribution in [3.05, 3.63) is 273 Å². The molecule has 0 fully saturated rings.